The van der Waals surface area contributed by atoms with Crippen LogP contribution in [-0.4, -0.2) is 6.61 Å². The Morgan fingerprint density at radius 1 is 0.842 bits per heavy atom. The van der Waals surface area contributed by atoms with Crippen LogP contribution in [0.15, 0.2) is 48.5 Å². The smallest absolute Gasteiger partial charge is 0.119 e. The first-order valence-electron chi connectivity index (χ1n) is 6.76. The Hall–Kier alpha value is -1.80. The molecule has 2 heteroatoms. The molecule has 0 radical (unpaired) electrons. The van der Waals surface area contributed by atoms with Gasteiger partial charge in [-0.1, -0.05) is 42.0 Å². The lowest BCUT2D eigenvalue weighted by molar-refractivity contribution is 0.340. The Bertz CT molecular complexity index is 488. The quantitative estimate of drug-likeness (QED) is 0.850. The average molecular weight is 255 g/mol. The summed E-state index contributed by atoms with van der Waals surface area (Å²) in [6, 6.07) is 16.9. The Balaban J connectivity index is 1.80. The van der Waals surface area contributed by atoms with E-state index in [9.17, 15) is 0 Å². The largest absolute Gasteiger partial charge is 0.494 e. The van der Waals surface area contributed by atoms with Gasteiger partial charge >= 0.3 is 0 Å². The van der Waals surface area contributed by atoms with E-state index in [1.165, 1.54) is 16.7 Å². The van der Waals surface area contributed by atoms with Gasteiger partial charge in [-0.15, -0.1) is 0 Å². The van der Waals surface area contributed by atoms with Crippen molar-refractivity contribution in [3.8, 4) is 5.75 Å². The number of rotatable bonds is 6. The molecule has 0 atom stereocenters. The van der Waals surface area contributed by atoms with Gasteiger partial charge in [-0.3, -0.25) is 0 Å². The first-order valence-corrected chi connectivity index (χ1v) is 6.76. The summed E-state index contributed by atoms with van der Waals surface area (Å²) < 4.78 is 5.43. The van der Waals surface area contributed by atoms with E-state index in [1.807, 2.05) is 19.1 Å². The van der Waals surface area contributed by atoms with Crippen LogP contribution in [0, 0.1) is 6.92 Å². The summed E-state index contributed by atoms with van der Waals surface area (Å²) in [6.07, 6.45) is 0. The molecule has 2 nitrogen and oxygen atoms in total. The molecule has 0 saturated heterocycles. The van der Waals surface area contributed by atoms with Gasteiger partial charge in [0.05, 0.1) is 6.61 Å². The second-order valence-electron chi connectivity index (χ2n) is 4.67. The van der Waals surface area contributed by atoms with E-state index in [2.05, 4.69) is 48.6 Å². The molecular weight excluding hydrogens is 234 g/mol. The van der Waals surface area contributed by atoms with Gasteiger partial charge in [-0.05, 0) is 37.1 Å². The zero-order chi connectivity index (χ0) is 13.5. The van der Waals surface area contributed by atoms with E-state index in [0.29, 0.717) is 6.61 Å². The zero-order valence-corrected chi connectivity index (χ0v) is 11.6. The predicted molar refractivity (Wildman–Crippen MR) is 79.3 cm³/mol. The first-order chi connectivity index (χ1) is 9.28. The molecule has 2 aromatic carbocycles. The van der Waals surface area contributed by atoms with E-state index >= 15 is 0 Å². The minimum absolute atomic E-state index is 0.713. The van der Waals surface area contributed by atoms with Crippen LogP contribution in [0.2, 0.25) is 0 Å². The lowest BCUT2D eigenvalue weighted by atomic mass is 10.1. The molecule has 100 valence electrons. The van der Waals surface area contributed by atoms with Crippen LogP contribution in [0.5, 0.6) is 5.75 Å². The number of hydrogen-bond donors (Lipinski definition) is 1. The normalized spacial score (nSPS) is 10.4. The van der Waals surface area contributed by atoms with Crippen molar-refractivity contribution in [3.63, 3.8) is 0 Å². The summed E-state index contributed by atoms with van der Waals surface area (Å²) in [7, 11) is 0. The number of benzene rings is 2. The molecule has 1 N–H and O–H groups in total. The summed E-state index contributed by atoms with van der Waals surface area (Å²) in [5.74, 6) is 0.935. The second-order valence-corrected chi connectivity index (χ2v) is 4.67. The molecule has 0 aliphatic carbocycles. The third-order valence-electron chi connectivity index (χ3n) is 3.01. The maximum atomic E-state index is 5.43. The highest BCUT2D eigenvalue weighted by Gasteiger charge is 1.96. The van der Waals surface area contributed by atoms with Crippen LogP contribution in [-0.2, 0) is 13.1 Å². The number of nitrogens with one attached hydrogen (secondary N) is 1. The van der Waals surface area contributed by atoms with Crippen molar-refractivity contribution in [1.82, 2.24) is 5.32 Å². The van der Waals surface area contributed by atoms with Crippen LogP contribution in [0.3, 0.4) is 0 Å². The van der Waals surface area contributed by atoms with Crippen LogP contribution in [0.1, 0.15) is 23.6 Å². The van der Waals surface area contributed by atoms with Crippen molar-refractivity contribution < 1.29 is 4.74 Å². The monoisotopic (exact) mass is 255 g/mol. The van der Waals surface area contributed by atoms with Gasteiger partial charge in [0.1, 0.15) is 5.75 Å². The van der Waals surface area contributed by atoms with E-state index in [4.69, 9.17) is 4.74 Å². The van der Waals surface area contributed by atoms with Crippen molar-refractivity contribution in [2.75, 3.05) is 6.61 Å². The highest BCUT2D eigenvalue weighted by Crippen LogP contribution is 2.12. The molecule has 0 saturated carbocycles. The summed E-state index contributed by atoms with van der Waals surface area (Å²) in [5.41, 5.74) is 3.89. The molecule has 0 spiro atoms. The summed E-state index contributed by atoms with van der Waals surface area (Å²) in [4.78, 5) is 0. The van der Waals surface area contributed by atoms with E-state index in [0.717, 1.165) is 18.8 Å². The maximum absolute atomic E-state index is 5.43. The fourth-order valence-corrected chi connectivity index (χ4v) is 1.93. The molecule has 0 heterocycles. The molecule has 0 aliphatic heterocycles. The van der Waals surface area contributed by atoms with Crippen LogP contribution in [0.4, 0.5) is 0 Å². The molecule has 19 heavy (non-hydrogen) atoms. The van der Waals surface area contributed by atoms with Gasteiger partial charge in [-0.2, -0.15) is 0 Å². The molecule has 0 aromatic heterocycles. The topological polar surface area (TPSA) is 21.3 Å². The van der Waals surface area contributed by atoms with Crippen LogP contribution < -0.4 is 10.1 Å². The Morgan fingerprint density at radius 2 is 1.37 bits per heavy atom. The maximum Gasteiger partial charge on any atom is 0.119 e. The second kappa shape index (κ2) is 6.95. The minimum atomic E-state index is 0.713. The summed E-state index contributed by atoms with van der Waals surface area (Å²) >= 11 is 0. The molecule has 0 bridgehead atoms. The van der Waals surface area contributed by atoms with Crippen LogP contribution >= 0.6 is 0 Å². The standard InChI is InChI=1S/C17H21NO/c1-3-19-17-10-8-16(9-11-17)13-18-12-15-6-4-14(2)5-7-15/h4-11,18H,3,12-13H2,1-2H3. The Labute approximate surface area is 115 Å². The molecule has 0 aliphatic rings. The summed E-state index contributed by atoms with van der Waals surface area (Å²) in [5, 5.41) is 3.45. The van der Waals surface area contributed by atoms with Crippen LogP contribution in [0.25, 0.3) is 0 Å². The highest BCUT2D eigenvalue weighted by molar-refractivity contribution is 5.27. The Morgan fingerprint density at radius 3 is 1.89 bits per heavy atom. The zero-order valence-electron chi connectivity index (χ0n) is 11.6. The number of hydrogen-bond acceptors (Lipinski definition) is 2. The van der Waals surface area contributed by atoms with Crippen molar-refractivity contribution in [3.05, 3.63) is 65.2 Å². The SMILES string of the molecule is CCOc1ccc(CNCc2ccc(C)cc2)cc1. The third kappa shape index (κ3) is 4.42. The lowest BCUT2D eigenvalue weighted by Crippen LogP contribution is -2.12. The predicted octanol–water partition coefficient (Wildman–Crippen LogP) is 3.68. The van der Waals surface area contributed by atoms with Crippen molar-refractivity contribution >= 4 is 0 Å². The minimum Gasteiger partial charge on any atom is -0.494 e. The Kier molecular flexibility index (Phi) is 4.99. The molecular formula is C17H21NO. The van der Waals surface area contributed by atoms with E-state index in [-0.39, 0.29) is 0 Å². The van der Waals surface area contributed by atoms with Gasteiger partial charge in [0, 0.05) is 13.1 Å². The first kappa shape index (κ1) is 13.6. The van der Waals surface area contributed by atoms with Crippen molar-refractivity contribution in [2.45, 2.75) is 26.9 Å². The van der Waals surface area contributed by atoms with Crippen molar-refractivity contribution in [2.24, 2.45) is 0 Å². The summed E-state index contributed by atoms with van der Waals surface area (Å²) in [6.45, 7) is 6.59. The molecule has 0 unspecified atom stereocenters. The molecule has 2 rings (SSSR count). The van der Waals surface area contributed by atoms with Gasteiger partial charge in [-0.25, -0.2) is 0 Å². The molecule has 0 fully saturated rings. The number of ether oxygens (including phenoxy) is 1. The van der Waals surface area contributed by atoms with Crippen molar-refractivity contribution in [1.29, 1.82) is 0 Å². The fourth-order valence-electron chi connectivity index (χ4n) is 1.93. The van der Waals surface area contributed by atoms with Gasteiger partial charge < -0.3 is 10.1 Å². The fraction of sp³-hybridized carbons (Fsp3) is 0.294. The van der Waals surface area contributed by atoms with E-state index < -0.39 is 0 Å². The lowest BCUT2D eigenvalue weighted by Gasteiger charge is -2.07. The van der Waals surface area contributed by atoms with Gasteiger partial charge in [0.25, 0.3) is 0 Å². The number of aryl methyl sites for hydroxylation is 1. The van der Waals surface area contributed by atoms with Gasteiger partial charge in [0.15, 0.2) is 0 Å². The highest BCUT2D eigenvalue weighted by atomic mass is 16.5. The average Bonchev–Trinajstić information content (AvgIpc) is 2.43. The van der Waals surface area contributed by atoms with Gasteiger partial charge in [0.2, 0.25) is 0 Å². The third-order valence-corrected chi connectivity index (χ3v) is 3.01. The molecule has 2 aromatic rings. The van der Waals surface area contributed by atoms with E-state index in [1.54, 1.807) is 0 Å². The molecule has 0 amide bonds.